The van der Waals surface area contributed by atoms with Crippen molar-refractivity contribution in [2.45, 2.75) is 43.5 Å². The molecule has 0 atom stereocenters. The van der Waals surface area contributed by atoms with Gasteiger partial charge in [-0.05, 0) is 49.2 Å². The van der Waals surface area contributed by atoms with E-state index in [2.05, 4.69) is 15.6 Å². The third kappa shape index (κ3) is 5.20. The molecular formula is C19H23N3O5S. The largest absolute Gasteiger partial charge is 0.468 e. The van der Waals surface area contributed by atoms with Crippen LogP contribution < -0.4 is 15.6 Å². The van der Waals surface area contributed by atoms with Crippen LogP contribution in [-0.2, 0) is 21.4 Å². The Morgan fingerprint density at radius 3 is 2.36 bits per heavy atom. The van der Waals surface area contributed by atoms with Crippen LogP contribution >= 0.6 is 0 Å². The lowest BCUT2D eigenvalue weighted by molar-refractivity contribution is -0.126. The molecule has 1 aliphatic carbocycles. The Morgan fingerprint density at radius 2 is 1.71 bits per heavy atom. The van der Waals surface area contributed by atoms with Gasteiger partial charge in [-0.2, -0.15) is 0 Å². The van der Waals surface area contributed by atoms with Gasteiger partial charge in [0.1, 0.15) is 5.76 Å². The smallest absolute Gasteiger partial charge is 0.269 e. The highest BCUT2D eigenvalue weighted by Crippen LogP contribution is 2.23. The first-order valence-corrected chi connectivity index (χ1v) is 10.7. The van der Waals surface area contributed by atoms with Crippen LogP contribution in [0.15, 0.2) is 52.0 Å². The maximum atomic E-state index is 12.3. The van der Waals surface area contributed by atoms with E-state index in [1.54, 1.807) is 12.1 Å². The Balaban J connectivity index is 1.54. The van der Waals surface area contributed by atoms with Crippen molar-refractivity contribution in [3.8, 4) is 0 Å². The molecule has 3 N–H and O–H groups in total. The summed E-state index contributed by atoms with van der Waals surface area (Å²) in [5.74, 6) is -0.263. The highest BCUT2D eigenvalue weighted by Gasteiger charge is 2.21. The zero-order valence-electron chi connectivity index (χ0n) is 15.3. The van der Waals surface area contributed by atoms with E-state index in [0.717, 1.165) is 32.1 Å². The highest BCUT2D eigenvalue weighted by molar-refractivity contribution is 7.89. The first-order chi connectivity index (χ1) is 13.5. The van der Waals surface area contributed by atoms with Crippen molar-refractivity contribution in [3.05, 3.63) is 54.0 Å². The van der Waals surface area contributed by atoms with Gasteiger partial charge in [0.25, 0.3) is 5.91 Å². The van der Waals surface area contributed by atoms with Crippen LogP contribution in [0, 0.1) is 5.92 Å². The second kappa shape index (κ2) is 9.03. The third-order valence-electron chi connectivity index (χ3n) is 4.72. The summed E-state index contributed by atoms with van der Waals surface area (Å²) in [6.07, 6.45) is 6.32. The number of hydrogen-bond donors (Lipinski definition) is 3. The number of carbonyl (C=O) groups is 2. The predicted molar refractivity (Wildman–Crippen MR) is 101 cm³/mol. The summed E-state index contributed by atoms with van der Waals surface area (Å²) in [6.45, 7) is 0.0325. The van der Waals surface area contributed by atoms with E-state index in [9.17, 15) is 18.0 Å². The van der Waals surface area contributed by atoms with Crippen molar-refractivity contribution >= 4 is 21.8 Å². The lowest BCUT2D eigenvalue weighted by atomic mass is 9.89. The summed E-state index contributed by atoms with van der Waals surface area (Å²) >= 11 is 0. The van der Waals surface area contributed by atoms with Gasteiger partial charge < -0.3 is 4.42 Å². The second-order valence-corrected chi connectivity index (χ2v) is 8.47. The molecule has 1 aromatic heterocycles. The van der Waals surface area contributed by atoms with E-state index in [1.807, 2.05) is 0 Å². The summed E-state index contributed by atoms with van der Waals surface area (Å²) in [7, 11) is -3.73. The first kappa shape index (κ1) is 20.1. The Kier molecular flexibility index (Phi) is 6.48. The maximum Gasteiger partial charge on any atom is 0.269 e. The molecule has 1 aliphatic rings. The Bertz CT molecular complexity index is 902. The Morgan fingerprint density at radius 1 is 1.00 bits per heavy atom. The Labute approximate surface area is 163 Å². The molecule has 8 nitrogen and oxygen atoms in total. The number of nitrogens with one attached hydrogen (secondary N) is 3. The normalized spacial score (nSPS) is 15.1. The number of hydrazine groups is 1. The molecule has 9 heteroatoms. The lowest BCUT2D eigenvalue weighted by Crippen LogP contribution is -2.44. The average molecular weight is 405 g/mol. The molecular weight excluding hydrogens is 382 g/mol. The molecule has 0 unspecified atom stereocenters. The molecule has 2 amide bonds. The fourth-order valence-corrected chi connectivity index (χ4v) is 4.10. The summed E-state index contributed by atoms with van der Waals surface area (Å²) < 4.78 is 32.1. The number of amides is 2. The molecule has 2 aromatic rings. The van der Waals surface area contributed by atoms with Crippen LogP contribution in [0.2, 0.25) is 0 Å². The quantitative estimate of drug-likeness (QED) is 0.636. The summed E-state index contributed by atoms with van der Waals surface area (Å²) in [5.41, 5.74) is 5.08. The monoisotopic (exact) mass is 405 g/mol. The van der Waals surface area contributed by atoms with Gasteiger partial charge in [0, 0.05) is 11.5 Å². The molecule has 28 heavy (non-hydrogen) atoms. The minimum Gasteiger partial charge on any atom is -0.468 e. The van der Waals surface area contributed by atoms with Crippen LogP contribution in [0.3, 0.4) is 0 Å². The van der Waals surface area contributed by atoms with Gasteiger partial charge in [-0.15, -0.1) is 0 Å². The van der Waals surface area contributed by atoms with Crippen LogP contribution in [0.4, 0.5) is 0 Å². The molecule has 0 saturated heterocycles. The number of furan rings is 1. The van der Waals surface area contributed by atoms with Crippen LogP contribution in [0.1, 0.15) is 48.2 Å². The standard InChI is InChI=1S/C19H23N3O5S/c23-18(14-5-2-1-3-6-14)21-22-19(24)15-8-10-17(11-9-15)28(25,26)20-13-16-7-4-12-27-16/h4,7-12,14,20H,1-3,5-6,13H2,(H,21,23)(H,22,24). The number of carbonyl (C=O) groups excluding carboxylic acids is 2. The molecule has 3 rings (SSSR count). The second-order valence-electron chi connectivity index (χ2n) is 6.71. The molecule has 0 spiro atoms. The zero-order chi connectivity index (χ0) is 20.0. The van der Waals surface area contributed by atoms with E-state index in [-0.39, 0.29) is 28.8 Å². The summed E-state index contributed by atoms with van der Waals surface area (Å²) in [5, 5.41) is 0. The fraction of sp³-hybridized carbons (Fsp3) is 0.368. The maximum absolute atomic E-state index is 12.3. The minimum absolute atomic E-state index is 0.0295. The molecule has 0 bridgehead atoms. The van der Waals surface area contributed by atoms with Crippen LogP contribution in [0.25, 0.3) is 0 Å². The predicted octanol–water partition coefficient (Wildman–Crippen LogP) is 2.10. The minimum atomic E-state index is -3.73. The van der Waals surface area contributed by atoms with Gasteiger partial charge in [-0.3, -0.25) is 20.4 Å². The first-order valence-electron chi connectivity index (χ1n) is 9.18. The molecule has 0 radical (unpaired) electrons. The van der Waals surface area contributed by atoms with Gasteiger partial charge in [-0.25, -0.2) is 13.1 Å². The van der Waals surface area contributed by atoms with Gasteiger partial charge in [0.05, 0.1) is 17.7 Å². The molecule has 1 saturated carbocycles. The van der Waals surface area contributed by atoms with Crippen molar-refractivity contribution in [1.82, 2.24) is 15.6 Å². The average Bonchev–Trinajstić information content (AvgIpc) is 3.25. The van der Waals surface area contributed by atoms with Crippen molar-refractivity contribution < 1.29 is 22.4 Å². The Hall–Kier alpha value is -2.65. The van der Waals surface area contributed by atoms with Gasteiger partial charge in [0.15, 0.2) is 0 Å². The highest BCUT2D eigenvalue weighted by atomic mass is 32.2. The summed E-state index contributed by atoms with van der Waals surface area (Å²) in [4.78, 5) is 24.3. The van der Waals surface area contributed by atoms with Crippen molar-refractivity contribution in [1.29, 1.82) is 0 Å². The number of rotatable bonds is 6. The van der Waals surface area contributed by atoms with Crippen molar-refractivity contribution in [2.24, 2.45) is 5.92 Å². The molecule has 0 aliphatic heterocycles. The van der Waals surface area contributed by atoms with Crippen LogP contribution in [-0.4, -0.2) is 20.2 Å². The van der Waals surface area contributed by atoms with E-state index < -0.39 is 15.9 Å². The third-order valence-corrected chi connectivity index (χ3v) is 6.14. The van der Waals surface area contributed by atoms with Gasteiger partial charge in [-0.1, -0.05) is 19.3 Å². The lowest BCUT2D eigenvalue weighted by Gasteiger charge is -2.20. The number of sulfonamides is 1. The van der Waals surface area contributed by atoms with Gasteiger partial charge in [0.2, 0.25) is 15.9 Å². The van der Waals surface area contributed by atoms with Gasteiger partial charge >= 0.3 is 0 Å². The van der Waals surface area contributed by atoms with E-state index in [0.29, 0.717) is 5.76 Å². The van der Waals surface area contributed by atoms with Crippen LogP contribution in [0.5, 0.6) is 0 Å². The number of hydrogen-bond acceptors (Lipinski definition) is 5. The summed E-state index contributed by atoms with van der Waals surface area (Å²) in [6, 6.07) is 8.79. The van der Waals surface area contributed by atoms with E-state index in [4.69, 9.17) is 4.42 Å². The molecule has 1 fully saturated rings. The fourth-order valence-electron chi connectivity index (χ4n) is 3.11. The topological polar surface area (TPSA) is 118 Å². The SMILES string of the molecule is O=C(NNC(=O)C1CCCCC1)c1ccc(S(=O)(=O)NCc2ccco2)cc1. The molecule has 150 valence electrons. The molecule has 1 heterocycles. The van der Waals surface area contributed by atoms with Crippen molar-refractivity contribution in [2.75, 3.05) is 0 Å². The number of benzene rings is 1. The van der Waals surface area contributed by atoms with Crippen molar-refractivity contribution in [3.63, 3.8) is 0 Å². The van der Waals surface area contributed by atoms with E-state index in [1.165, 1.54) is 30.5 Å². The zero-order valence-corrected chi connectivity index (χ0v) is 16.1. The molecule has 1 aromatic carbocycles. The van der Waals surface area contributed by atoms with E-state index >= 15 is 0 Å².